The standard InChI is InChI=1S/C24H37NO2S/c1-3-4-5-6-7-8-9-10-11-12-13-14-15-16-17-18-19-20-24(27)25-21-22-28-23(2)26/h4-5,7-8,10-11,13-14,16-17H,3,6,9,12,15,18-22H2,1-2H3,(H,25,27). The molecule has 0 unspecified atom stereocenters. The first kappa shape index (κ1) is 26.2. The quantitative estimate of drug-likeness (QED) is 0.243. The molecule has 1 amide bonds. The van der Waals surface area contributed by atoms with Crippen LogP contribution in [0.1, 0.15) is 65.2 Å². The number of carbonyl (C=O) groups is 2. The molecule has 0 spiro atoms. The molecule has 0 bridgehead atoms. The maximum absolute atomic E-state index is 11.6. The van der Waals surface area contributed by atoms with Gasteiger partial charge in [0.2, 0.25) is 5.91 Å². The second kappa shape index (κ2) is 21.5. The first-order valence-corrected chi connectivity index (χ1v) is 11.3. The highest BCUT2D eigenvalue weighted by Crippen LogP contribution is 2.01. The van der Waals surface area contributed by atoms with Crippen molar-refractivity contribution in [1.82, 2.24) is 5.32 Å². The van der Waals surface area contributed by atoms with Gasteiger partial charge in [-0.1, -0.05) is 79.4 Å². The van der Waals surface area contributed by atoms with Crippen molar-refractivity contribution in [2.24, 2.45) is 0 Å². The molecule has 0 aromatic rings. The van der Waals surface area contributed by atoms with Crippen molar-refractivity contribution in [3.8, 4) is 0 Å². The van der Waals surface area contributed by atoms with Crippen molar-refractivity contribution in [2.75, 3.05) is 12.3 Å². The van der Waals surface area contributed by atoms with Crippen LogP contribution in [0.4, 0.5) is 0 Å². The first-order valence-electron chi connectivity index (χ1n) is 10.3. The minimum atomic E-state index is 0.0662. The SMILES string of the molecule is CCC=CCC=CCC=CCC=CCC=CCCCC(=O)NCCSC(C)=O. The second-order valence-corrected chi connectivity index (χ2v) is 7.56. The molecule has 156 valence electrons. The normalized spacial score (nSPS) is 12.4. The van der Waals surface area contributed by atoms with Gasteiger partial charge < -0.3 is 5.32 Å². The maximum Gasteiger partial charge on any atom is 0.220 e. The van der Waals surface area contributed by atoms with Gasteiger partial charge in [-0.2, -0.15) is 0 Å². The summed E-state index contributed by atoms with van der Waals surface area (Å²) in [5, 5.41) is 2.92. The molecule has 0 rings (SSSR count). The van der Waals surface area contributed by atoms with E-state index in [1.807, 2.05) is 0 Å². The number of unbranched alkanes of at least 4 members (excludes halogenated alkanes) is 1. The topological polar surface area (TPSA) is 46.2 Å². The van der Waals surface area contributed by atoms with Crippen LogP contribution in [-0.4, -0.2) is 23.3 Å². The highest BCUT2D eigenvalue weighted by atomic mass is 32.2. The van der Waals surface area contributed by atoms with Gasteiger partial charge in [-0.15, -0.1) is 0 Å². The maximum atomic E-state index is 11.6. The van der Waals surface area contributed by atoms with Crippen LogP contribution in [0.5, 0.6) is 0 Å². The lowest BCUT2D eigenvalue weighted by Gasteiger charge is -2.02. The number of amides is 1. The molecule has 0 aliphatic rings. The van der Waals surface area contributed by atoms with Gasteiger partial charge >= 0.3 is 0 Å². The fourth-order valence-corrected chi connectivity index (χ4v) is 2.71. The Hall–Kier alpha value is -1.81. The molecule has 0 atom stereocenters. The number of thioether (sulfide) groups is 1. The van der Waals surface area contributed by atoms with E-state index in [2.05, 4.69) is 73.0 Å². The third-order valence-electron chi connectivity index (χ3n) is 3.66. The van der Waals surface area contributed by atoms with Gasteiger partial charge in [-0.25, -0.2) is 0 Å². The van der Waals surface area contributed by atoms with E-state index in [0.29, 0.717) is 18.7 Å². The summed E-state index contributed by atoms with van der Waals surface area (Å²) in [6, 6.07) is 0. The Morgan fingerprint density at radius 1 is 0.786 bits per heavy atom. The number of carbonyl (C=O) groups excluding carboxylic acids is 2. The molecule has 28 heavy (non-hydrogen) atoms. The van der Waals surface area contributed by atoms with Crippen molar-refractivity contribution in [2.45, 2.75) is 65.2 Å². The lowest BCUT2D eigenvalue weighted by Crippen LogP contribution is -2.25. The minimum absolute atomic E-state index is 0.0662. The summed E-state index contributed by atoms with van der Waals surface area (Å²) in [7, 11) is 0. The number of rotatable bonds is 16. The van der Waals surface area contributed by atoms with Crippen LogP contribution in [0.3, 0.4) is 0 Å². The van der Waals surface area contributed by atoms with Crippen molar-refractivity contribution < 1.29 is 9.59 Å². The number of nitrogens with one attached hydrogen (secondary N) is 1. The smallest absolute Gasteiger partial charge is 0.220 e. The average molecular weight is 404 g/mol. The Labute approximate surface area is 176 Å². The third kappa shape index (κ3) is 22.2. The molecule has 0 heterocycles. The van der Waals surface area contributed by atoms with Crippen molar-refractivity contribution >= 4 is 22.8 Å². The Morgan fingerprint density at radius 3 is 1.79 bits per heavy atom. The van der Waals surface area contributed by atoms with Crippen LogP contribution in [0, 0.1) is 0 Å². The van der Waals surface area contributed by atoms with E-state index >= 15 is 0 Å². The first-order chi connectivity index (χ1) is 13.7. The number of hydrogen-bond donors (Lipinski definition) is 1. The van der Waals surface area contributed by atoms with E-state index in [1.165, 1.54) is 18.7 Å². The molecule has 0 aromatic carbocycles. The molecular weight excluding hydrogens is 366 g/mol. The van der Waals surface area contributed by atoms with Crippen LogP contribution < -0.4 is 5.32 Å². The summed E-state index contributed by atoms with van der Waals surface area (Å²) in [6.07, 6.45) is 29.2. The average Bonchev–Trinajstić information content (AvgIpc) is 2.67. The number of hydrogen-bond acceptors (Lipinski definition) is 3. The van der Waals surface area contributed by atoms with E-state index in [0.717, 1.165) is 44.9 Å². The molecule has 0 aliphatic carbocycles. The van der Waals surface area contributed by atoms with Gasteiger partial charge in [-0.3, -0.25) is 9.59 Å². The van der Waals surface area contributed by atoms with Crippen molar-refractivity contribution in [3.05, 3.63) is 60.8 Å². The van der Waals surface area contributed by atoms with Crippen molar-refractivity contribution in [3.63, 3.8) is 0 Å². The fraction of sp³-hybridized carbons (Fsp3) is 0.500. The van der Waals surface area contributed by atoms with Gasteiger partial charge in [-0.05, 0) is 44.9 Å². The monoisotopic (exact) mass is 403 g/mol. The molecule has 3 nitrogen and oxygen atoms in total. The summed E-state index contributed by atoms with van der Waals surface area (Å²) in [5.74, 6) is 0.715. The number of allylic oxidation sites excluding steroid dienone is 10. The molecule has 0 saturated heterocycles. The highest BCUT2D eigenvalue weighted by Gasteiger charge is 2.00. The summed E-state index contributed by atoms with van der Waals surface area (Å²) in [4.78, 5) is 22.4. The molecule has 0 saturated carbocycles. The Bertz CT molecular complexity index is 545. The molecule has 1 N–H and O–H groups in total. The molecular formula is C24H37NO2S. The van der Waals surface area contributed by atoms with E-state index < -0.39 is 0 Å². The molecule has 4 heteroatoms. The summed E-state index contributed by atoms with van der Waals surface area (Å²) in [6.45, 7) is 4.25. The van der Waals surface area contributed by atoms with Crippen LogP contribution in [0.2, 0.25) is 0 Å². The lowest BCUT2D eigenvalue weighted by molar-refractivity contribution is -0.121. The minimum Gasteiger partial charge on any atom is -0.355 e. The predicted octanol–water partition coefficient (Wildman–Crippen LogP) is 6.30. The van der Waals surface area contributed by atoms with Gasteiger partial charge in [0.15, 0.2) is 5.12 Å². The molecule has 0 aromatic heterocycles. The van der Waals surface area contributed by atoms with Crippen LogP contribution in [-0.2, 0) is 9.59 Å². The van der Waals surface area contributed by atoms with Crippen LogP contribution >= 0.6 is 11.8 Å². The lowest BCUT2D eigenvalue weighted by atomic mass is 10.2. The molecule has 0 fully saturated rings. The summed E-state index contributed by atoms with van der Waals surface area (Å²) in [5.41, 5.74) is 0. The zero-order chi connectivity index (χ0) is 20.7. The van der Waals surface area contributed by atoms with E-state index in [-0.39, 0.29) is 11.0 Å². The Morgan fingerprint density at radius 2 is 1.29 bits per heavy atom. The molecule has 0 radical (unpaired) electrons. The third-order valence-corrected chi connectivity index (χ3v) is 4.48. The van der Waals surface area contributed by atoms with Gasteiger partial charge in [0, 0.05) is 25.6 Å². The van der Waals surface area contributed by atoms with E-state index in [9.17, 15) is 9.59 Å². The van der Waals surface area contributed by atoms with Gasteiger partial charge in [0.25, 0.3) is 0 Å². The van der Waals surface area contributed by atoms with Gasteiger partial charge in [0.05, 0.1) is 0 Å². The Balaban J connectivity index is 3.51. The zero-order valence-electron chi connectivity index (χ0n) is 17.6. The zero-order valence-corrected chi connectivity index (χ0v) is 18.4. The van der Waals surface area contributed by atoms with Gasteiger partial charge in [0.1, 0.15) is 0 Å². The van der Waals surface area contributed by atoms with E-state index in [1.54, 1.807) is 0 Å². The van der Waals surface area contributed by atoms with Crippen molar-refractivity contribution in [1.29, 1.82) is 0 Å². The summed E-state index contributed by atoms with van der Waals surface area (Å²) < 4.78 is 0. The Kier molecular flexibility index (Phi) is 20.1. The highest BCUT2D eigenvalue weighted by molar-refractivity contribution is 8.13. The van der Waals surface area contributed by atoms with E-state index in [4.69, 9.17) is 0 Å². The largest absolute Gasteiger partial charge is 0.355 e. The summed E-state index contributed by atoms with van der Waals surface area (Å²) >= 11 is 1.24. The fourth-order valence-electron chi connectivity index (χ4n) is 2.22. The predicted molar refractivity (Wildman–Crippen MR) is 124 cm³/mol. The second-order valence-electron chi connectivity index (χ2n) is 6.29. The van der Waals surface area contributed by atoms with Crippen LogP contribution in [0.25, 0.3) is 0 Å². The van der Waals surface area contributed by atoms with Crippen LogP contribution in [0.15, 0.2) is 60.8 Å². The molecule has 0 aliphatic heterocycles.